The summed E-state index contributed by atoms with van der Waals surface area (Å²) in [6, 6.07) is 0.780. The fourth-order valence-corrected chi connectivity index (χ4v) is 5.87. The average Bonchev–Trinajstić information content (AvgIpc) is 3.40. The number of piperidine rings is 1. The zero-order valence-electron chi connectivity index (χ0n) is 19.2. The van der Waals surface area contributed by atoms with Crippen LogP contribution >= 0.6 is 11.3 Å². The van der Waals surface area contributed by atoms with E-state index in [-0.39, 0.29) is 18.9 Å². The Kier molecular flexibility index (Phi) is 6.34. The molecule has 2 aliphatic heterocycles. The molecule has 1 saturated heterocycles. The summed E-state index contributed by atoms with van der Waals surface area (Å²) in [4.78, 5) is 17.4. The van der Waals surface area contributed by atoms with Gasteiger partial charge in [0.05, 0.1) is 17.6 Å². The molecule has 180 valence electrons. The number of hydrazone groups is 1. The number of thiazole rings is 1. The summed E-state index contributed by atoms with van der Waals surface area (Å²) in [7, 11) is 1.94. The molecule has 2 fully saturated rings. The summed E-state index contributed by atoms with van der Waals surface area (Å²) in [6.45, 7) is 3.89. The van der Waals surface area contributed by atoms with Gasteiger partial charge in [0.1, 0.15) is 5.52 Å². The minimum atomic E-state index is -2.48. The Morgan fingerprint density at radius 3 is 2.52 bits per heavy atom. The van der Waals surface area contributed by atoms with Crippen molar-refractivity contribution in [2.75, 3.05) is 37.3 Å². The molecule has 1 saturated carbocycles. The van der Waals surface area contributed by atoms with Crippen LogP contribution in [0.25, 0.3) is 10.3 Å². The molecule has 1 atom stereocenters. The highest BCUT2D eigenvalue weighted by atomic mass is 32.1. The van der Waals surface area contributed by atoms with Gasteiger partial charge in [0.25, 0.3) is 5.92 Å². The summed E-state index contributed by atoms with van der Waals surface area (Å²) in [5.41, 5.74) is 0.833. The first-order chi connectivity index (χ1) is 15.9. The van der Waals surface area contributed by atoms with E-state index in [1.54, 1.807) is 11.3 Å². The van der Waals surface area contributed by atoms with E-state index < -0.39 is 5.92 Å². The molecule has 2 N–H and O–H groups in total. The highest BCUT2D eigenvalue weighted by molar-refractivity contribution is 7.18. The number of aromatic nitrogens is 3. The van der Waals surface area contributed by atoms with Crippen LogP contribution in [0.3, 0.4) is 0 Å². The first kappa shape index (κ1) is 22.6. The minimum absolute atomic E-state index is 0.00897. The van der Waals surface area contributed by atoms with Gasteiger partial charge in [0.15, 0.2) is 10.6 Å². The Bertz CT molecular complexity index is 994. The molecular formula is C22H32F2N8S. The van der Waals surface area contributed by atoms with Crippen molar-refractivity contribution < 1.29 is 8.78 Å². The molecule has 4 heterocycles. The predicted molar refractivity (Wildman–Crippen MR) is 129 cm³/mol. The van der Waals surface area contributed by atoms with E-state index in [0.29, 0.717) is 31.1 Å². The molecule has 2 aromatic heterocycles. The quantitative estimate of drug-likeness (QED) is 0.653. The fourth-order valence-electron chi connectivity index (χ4n) is 5.00. The van der Waals surface area contributed by atoms with Gasteiger partial charge < -0.3 is 10.6 Å². The molecule has 0 amide bonds. The average molecular weight is 479 g/mol. The van der Waals surface area contributed by atoms with Crippen molar-refractivity contribution in [3.05, 3.63) is 5.01 Å². The summed E-state index contributed by atoms with van der Waals surface area (Å²) >= 11 is 1.61. The van der Waals surface area contributed by atoms with Gasteiger partial charge in [0.2, 0.25) is 5.95 Å². The predicted octanol–water partition coefficient (Wildman–Crippen LogP) is 3.81. The highest BCUT2D eigenvalue weighted by Crippen LogP contribution is 2.34. The van der Waals surface area contributed by atoms with Crippen molar-refractivity contribution in [1.29, 1.82) is 0 Å². The van der Waals surface area contributed by atoms with Gasteiger partial charge in [-0.05, 0) is 32.1 Å². The minimum Gasteiger partial charge on any atom is -0.365 e. The van der Waals surface area contributed by atoms with Gasteiger partial charge in [-0.1, -0.05) is 18.3 Å². The van der Waals surface area contributed by atoms with Crippen molar-refractivity contribution in [3.8, 4) is 0 Å². The number of hydrogen-bond donors (Lipinski definition) is 2. The SMILES string of the molecule is CCc1nc2c(N[C@H]3CC[C@H](N4CCC(F)(F)CC4)CC3)nc(NC3C=NN(C)C3)nc2s1. The number of halogens is 2. The lowest BCUT2D eigenvalue weighted by Crippen LogP contribution is -2.47. The Morgan fingerprint density at radius 2 is 1.85 bits per heavy atom. The lowest BCUT2D eigenvalue weighted by Gasteiger charge is -2.40. The maximum absolute atomic E-state index is 13.5. The van der Waals surface area contributed by atoms with Crippen LogP contribution in [0.2, 0.25) is 0 Å². The summed E-state index contributed by atoms with van der Waals surface area (Å²) < 4.78 is 27.0. The van der Waals surface area contributed by atoms with Gasteiger partial charge in [-0.25, -0.2) is 18.7 Å². The second-order valence-corrected chi connectivity index (χ2v) is 10.5. The molecule has 0 aromatic carbocycles. The summed E-state index contributed by atoms with van der Waals surface area (Å²) in [5.74, 6) is -1.11. The standard InChI is InChI=1S/C22H32F2N8S/c1-3-17-28-18-19(29-21(30-20(18)33-17)27-15-12-25-31(2)13-15)26-14-4-6-16(7-5-14)32-10-8-22(23,24)9-11-32/h12,14-16H,3-11,13H2,1-2H3,(H2,26,27,29,30)/t14-,15?,16-. The zero-order valence-corrected chi connectivity index (χ0v) is 20.0. The van der Waals surface area contributed by atoms with Gasteiger partial charge in [0, 0.05) is 51.3 Å². The van der Waals surface area contributed by atoms with Crippen LogP contribution < -0.4 is 10.6 Å². The lowest BCUT2D eigenvalue weighted by atomic mass is 9.89. The van der Waals surface area contributed by atoms with E-state index in [2.05, 4.69) is 27.6 Å². The molecule has 8 nitrogen and oxygen atoms in total. The van der Waals surface area contributed by atoms with E-state index >= 15 is 0 Å². The van der Waals surface area contributed by atoms with E-state index in [1.807, 2.05) is 18.3 Å². The van der Waals surface area contributed by atoms with Gasteiger partial charge in [-0.2, -0.15) is 10.1 Å². The largest absolute Gasteiger partial charge is 0.365 e. The molecule has 0 bridgehead atoms. The monoisotopic (exact) mass is 478 g/mol. The number of nitrogens with one attached hydrogen (secondary N) is 2. The molecule has 0 spiro atoms. The number of likely N-dealkylation sites (tertiary alicyclic amines) is 1. The van der Waals surface area contributed by atoms with E-state index in [4.69, 9.17) is 15.0 Å². The number of fused-ring (bicyclic) bond motifs is 1. The third kappa shape index (κ3) is 5.18. The summed E-state index contributed by atoms with van der Waals surface area (Å²) in [5, 5.41) is 14.2. The second-order valence-electron chi connectivity index (χ2n) is 9.41. The number of likely N-dealkylation sites (N-methyl/N-ethyl adjacent to an activating group) is 1. The van der Waals surface area contributed by atoms with Gasteiger partial charge >= 0.3 is 0 Å². The van der Waals surface area contributed by atoms with Crippen LogP contribution in [0, 0.1) is 0 Å². The van der Waals surface area contributed by atoms with Crippen LogP contribution in [-0.2, 0) is 6.42 Å². The molecule has 11 heteroatoms. The smallest absolute Gasteiger partial charge is 0.250 e. The van der Waals surface area contributed by atoms with Gasteiger partial charge in [-0.15, -0.1) is 0 Å². The molecule has 1 aliphatic carbocycles. The van der Waals surface area contributed by atoms with Crippen molar-refractivity contribution >= 4 is 39.7 Å². The Balaban J connectivity index is 1.26. The molecule has 33 heavy (non-hydrogen) atoms. The summed E-state index contributed by atoms with van der Waals surface area (Å²) in [6.07, 6.45) is 6.75. The van der Waals surface area contributed by atoms with Crippen molar-refractivity contribution in [2.24, 2.45) is 5.10 Å². The number of nitrogens with zero attached hydrogens (tertiary/aromatic N) is 6. The Morgan fingerprint density at radius 1 is 1.09 bits per heavy atom. The number of aryl methyl sites for hydroxylation is 1. The topological polar surface area (TPSA) is 81.6 Å². The molecule has 5 rings (SSSR count). The van der Waals surface area contributed by atoms with Crippen LogP contribution in [-0.4, -0.2) is 81.8 Å². The van der Waals surface area contributed by atoms with E-state index in [9.17, 15) is 8.78 Å². The fraction of sp³-hybridized carbons (Fsp3) is 0.727. The number of anilines is 2. The third-order valence-electron chi connectivity index (χ3n) is 6.91. The third-order valence-corrected chi connectivity index (χ3v) is 8.00. The van der Waals surface area contributed by atoms with Crippen molar-refractivity contribution in [3.63, 3.8) is 0 Å². The van der Waals surface area contributed by atoms with Crippen molar-refractivity contribution in [1.82, 2.24) is 24.9 Å². The number of hydrogen-bond acceptors (Lipinski definition) is 9. The Hall–Kier alpha value is -2.14. The van der Waals surface area contributed by atoms with Crippen LogP contribution in [0.4, 0.5) is 20.5 Å². The lowest BCUT2D eigenvalue weighted by molar-refractivity contribution is -0.0657. The molecule has 3 aliphatic rings. The van der Waals surface area contributed by atoms with Crippen LogP contribution in [0.15, 0.2) is 5.10 Å². The van der Waals surface area contributed by atoms with Crippen LogP contribution in [0.5, 0.6) is 0 Å². The van der Waals surface area contributed by atoms with Crippen molar-refractivity contribution in [2.45, 2.75) is 75.9 Å². The normalized spacial score (nSPS) is 27.9. The highest BCUT2D eigenvalue weighted by Gasteiger charge is 2.37. The maximum atomic E-state index is 13.5. The number of alkyl halides is 2. The van der Waals surface area contributed by atoms with Gasteiger partial charge in [-0.3, -0.25) is 9.91 Å². The van der Waals surface area contributed by atoms with Crippen LogP contribution in [0.1, 0.15) is 50.5 Å². The first-order valence-electron chi connectivity index (χ1n) is 12.0. The molecule has 2 aromatic rings. The Labute approximate surface area is 196 Å². The second kappa shape index (κ2) is 9.25. The van der Waals surface area contributed by atoms with E-state index in [0.717, 1.165) is 59.8 Å². The number of rotatable bonds is 6. The molecule has 0 radical (unpaired) electrons. The van der Waals surface area contributed by atoms with E-state index in [1.165, 1.54) is 0 Å². The first-order valence-corrected chi connectivity index (χ1v) is 12.8. The zero-order chi connectivity index (χ0) is 23.0. The molecular weight excluding hydrogens is 446 g/mol. The maximum Gasteiger partial charge on any atom is 0.250 e. The molecule has 1 unspecified atom stereocenters.